The van der Waals surface area contributed by atoms with Gasteiger partial charge in [-0.15, -0.1) is 0 Å². The average molecular weight is 1080 g/mol. The highest BCUT2D eigenvalue weighted by molar-refractivity contribution is 6.01. The minimum atomic E-state index is -0.613. The van der Waals surface area contributed by atoms with Crippen molar-refractivity contribution >= 4 is 41.8 Å². The van der Waals surface area contributed by atoms with Crippen LogP contribution in [0.4, 0.5) is 24.5 Å². The van der Waals surface area contributed by atoms with Gasteiger partial charge in [0.25, 0.3) is 0 Å². The number of aryl methyl sites for hydroxylation is 1. The predicted molar refractivity (Wildman–Crippen MR) is 315 cm³/mol. The minimum Gasteiger partial charge on any atom is -0.388 e. The zero-order chi connectivity index (χ0) is 57.7. The quantitative estimate of drug-likeness (QED) is 0.0410. The van der Waals surface area contributed by atoms with E-state index in [1.807, 2.05) is 84.3 Å². The molecule has 4 N–H and O–H groups in total. The first-order valence-electron chi connectivity index (χ1n) is 28.2. The van der Waals surface area contributed by atoms with Crippen molar-refractivity contribution in [2.24, 2.45) is 0 Å². The normalized spacial score (nSPS) is 16.9. The number of halogens is 3. The standard InChI is InChI=1S/C31H40F2N4O.C29H43FN4O2.C2H6.CH2O/c1-6-8-23(17-27-21(3)35-14-10-30(27)36-13-9-26(7-2)34-5)20-37-15-11-24(12-16-37)31-28(32)18-25(22(4)38)19-29(31)33;1-5-7-8-24(33(4)15-6-2)18-21(3)20-34-16-13-22(14-17-34)25-10-9-23(19-26(25)30)31-27-11-12-28(35)32-29(27)36;2*1-2/h7,9-10,13-14,17-19,24,34H,6,8,11-12,15-16,20H2,1-5H3,(H,35,36);9-10,18-19,22,27,31H,3,5-8,11-17,20H2,1-2,4H3,(H,32,35,36);1-2H3;1H2/b13-9-,23-17+,26-7+;24-18-;;. The molecule has 78 heavy (non-hydrogen) atoms. The molecule has 4 heterocycles. The number of hydrogen-bond acceptors (Lipinski definition) is 11. The number of rotatable bonds is 23. The van der Waals surface area contributed by atoms with Gasteiger partial charge < -0.3 is 25.6 Å². The third kappa shape index (κ3) is 20.8. The predicted octanol–water partition coefficient (Wildman–Crippen LogP) is 13.0. The molecule has 0 spiro atoms. The first-order valence-corrected chi connectivity index (χ1v) is 28.2. The summed E-state index contributed by atoms with van der Waals surface area (Å²) in [6.07, 6.45) is 22.7. The van der Waals surface area contributed by atoms with Gasteiger partial charge in [-0.1, -0.05) is 77.8 Å². The monoisotopic (exact) mass is 1080 g/mol. The lowest BCUT2D eigenvalue weighted by molar-refractivity contribution is -0.133. The van der Waals surface area contributed by atoms with Crippen LogP contribution in [-0.2, 0) is 14.4 Å². The van der Waals surface area contributed by atoms with Gasteiger partial charge in [-0.25, -0.2) is 13.2 Å². The zero-order valence-electron chi connectivity index (χ0n) is 48.6. The molecule has 428 valence electrons. The van der Waals surface area contributed by atoms with E-state index in [9.17, 15) is 23.2 Å². The van der Waals surface area contributed by atoms with Crippen LogP contribution in [0.15, 0.2) is 96.1 Å². The van der Waals surface area contributed by atoms with Gasteiger partial charge in [-0.05, 0) is 170 Å². The number of pyridine rings is 1. The van der Waals surface area contributed by atoms with Crippen LogP contribution in [0.2, 0.25) is 0 Å². The van der Waals surface area contributed by atoms with Gasteiger partial charge in [0.15, 0.2) is 5.78 Å². The summed E-state index contributed by atoms with van der Waals surface area (Å²) >= 11 is 0. The smallest absolute Gasteiger partial charge is 0.249 e. The van der Waals surface area contributed by atoms with E-state index in [4.69, 9.17) is 4.79 Å². The van der Waals surface area contributed by atoms with Crippen molar-refractivity contribution in [3.63, 3.8) is 0 Å². The van der Waals surface area contributed by atoms with E-state index in [2.05, 4.69) is 87.5 Å². The molecule has 0 radical (unpaired) electrons. The largest absolute Gasteiger partial charge is 0.388 e. The SMILES string of the molecule is C/C=C(\C=C/Nc1ccnc(C)c1/C=C(\CCC)CN1CCC(c2c(F)cc(C(C)=O)cc2F)CC1)NC.C=C(/C=C(/CCCC)N(C)CCC)CN1CCC(c2ccc(NC3CCC(=O)NC3=O)cc2F)CC1.C=O.CC. The number of anilines is 2. The summed E-state index contributed by atoms with van der Waals surface area (Å²) in [5.41, 5.74) is 9.35. The Hall–Kier alpha value is -6.32. The molecule has 2 aromatic carbocycles. The maximum Gasteiger partial charge on any atom is 0.249 e. The Kier molecular flexibility index (Phi) is 29.8. The summed E-state index contributed by atoms with van der Waals surface area (Å²) in [6, 6.07) is 8.97. The van der Waals surface area contributed by atoms with Crippen molar-refractivity contribution in [2.75, 3.05) is 70.5 Å². The Morgan fingerprint density at radius 3 is 2.08 bits per heavy atom. The van der Waals surface area contributed by atoms with Crippen molar-refractivity contribution in [3.05, 3.63) is 142 Å². The van der Waals surface area contributed by atoms with E-state index < -0.39 is 17.7 Å². The van der Waals surface area contributed by atoms with E-state index in [0.29, 0.717) is 31.4 Å². The average Bonchev–Trinajstić information content (AvgIpc) is 3.46. The van der Waals surface area contributed by atoms with Gasteiger partial charge in [-0.2, -0.15) is 0 Å². The van der Waals surface area contributed by atoms with Crippen LogP contribution in [0.5, 0.6) is 0 Å². The number of benzene rings is 2. The molecule has 3 saturated heterocycles. The Bertz CT molecular complexity index is 2500. The molecule has 1 unspecified atom stereocenters. The number of hydrogen-bond donors (Lipinski definition) is 4. The van der Waals surface area contributed by atoms with Crippen molar-refractivity contribution in [1.29, 1.82) is 0 Å². The number of nitrogens with zero attached hydrogens (tertiary/aromatic N) is 4. The molecular weight excluding hydrogens is 990 g/mol. The fourth-order valence-electron chi connectivity index (χ4n) is 10.2. The highest BCUT2D eigenvalue weighted by atomic mass is 19.1. The zero-order valence-corrected chi connectivity index (χ0v) is 48.6. The lowest BCUT2D eigenvalue weighted by atomic mass is 9.87. The van der Waals surface area contributed by atoms with E-state index in [1.54, 1.807) is 0 Å². The van der Waals surface area contributed by atoms with Gasteiger partial charge in [-0.3, -0.25) is 34.5 Å². The fourth-order valence-corrected chi connectivity index (χ4v) is 10.2. The second-order valence-corrected chi connectivity index (χ2v) is 20.1. The van der Waals surface area contributed by atoms with Crippen LogP contribution in [0.3, 0.4) is 0 Å². The Morgan fingerprint density at radius 2 is 1.51 bits per heavy atom. The molecule has 3 aliphatic rings. The molecule has 3 aromatic rings. The number of ketones is 1. The third-order valence-corrected chi connectivity index (χ3v) is 14.4. The highest BCUT2D eigenvalue weighted by Gasteiger charge is 2.29. The van der Waals surface area contributed by atoms with Gasteiger partial charge >= 0.3 is 0 Å². The van der Waals surface area contributed by atoms with Crippen LogP contribution in [-0.4, -0.2) is 110 Å². The molecule has 0 bridgehead atoms. The van der Waals surface area contributed by atoms with Gasteiger partial charge in [0.1, 0.15) is 30.3 Å². The molecule has 3 aliphatic heterocycles. The first-order chi connectivity index (χ1) is 37.6. The maximum absolute atomic E-state index is 15.0. The Morgan fingerprint density at radius 1 is 0.872 bits per heavy atom. The topological polar surface area (TPSA) is 139 Å². The molecule has 1 atom stereocenters. The van der Waals surface area contributed by atoms with Crippen molar-refractivity contribution < 1.29 is 32.3 Å². The number of Topliss-reactive ketones (excluding diaryl/α,β-unsaturated/α-hetero) is 1. The number of unbranched alkanes of at least 4 members (excludes halogenated alkanes) is 1. The molecule has 6 rings (SSSR count). The Labute approximate surface area is 465 Å². The first kappa shape index (κ1) is 66.0. The summed E-state index contributed by atoms with van der Waals surface area (Å²) in [6.45, 7) is 28.3. The summed E-state index contributed by atoms with van der Waals surface area (Å²) in [5, 5.41) is 11.9. The number of amides is 2. The van der Waals surface area contributed by atoms with E-state index >= 15 is 4.39 Å². The Balaban J connectivity index is 0.000000386. The third-order valence-electron chi connectivity index (χ3n) is 14.4. The second kappa shape index (κ2) is 35.2. The molecule has 0 aliphatic carbocycles. The minimum absolute atomic E-state index is 0.0786. The number of likely N-dealkylation sites (tertiary alicyclic amines) is 2. The number of likely N-dealkylation sites (N-methyl/N-ethyl adjacent to an activating group) is 1. The van der Waals surface area contributed by atoms with Crippen molar-refractivity contribution in [3.8, 4) is 0 Å². The van der Waals surface area contributed by atoms with Crippen LogP contribution in [0, 0.1) is 24.4 Å². The fraction of sp³-hybridized carbons (Fsp3) is 0.508. The number of aromatic nitrogens is 1. The lowest BCUT2D eigenvalue weighted by Gasteiger charge is -2.33. The van der Waals surface area contributed by atoms with Crippen LogP contribution in [0.1, 0.15) is 170 Å². The summed E-state index contributed by atoms with van der Waals surface area (Å²) in [4.78, 5) is 54.5. The number of carbonyl (C=O) groups excluding carboxylic acids is 4. The van der Waals surface area contributed by atoms with Gasteiger partial charge in [0, 0.05) is 97.7 Å². The van der Waals surface area contributed by atoms with Crippen LogP contribution in [0.25, 0.3) is 6.08 Å². The van der Waals surface area contributed by atoms with E-state index in [1.165, 1.54) is 49.2 Å². The number of carbonyl (C=O) groups is 4. The lowest BCUT2D eigenvalue weighted by Crippen LogP contribution is -2.47. The number of nitrogens with one attached hydrogen (secondary N) is 4. The van der Waals surface area contributed by atoms with Gasteiger partial charge in [0.2, 0.25) is 11.8 Å². The summed E-state index contributed by atoms with van der Waals surface area (Å²) < 4.78 is 44.4. The summed E-state index contributed by atoms with van der Waals surface area (Å²) in [5.74, 6) is -2.41. The molecule has 15 heteroatoms. The van der Waals surface area contributed by atoms with Crippen LogP contribution >= 0.6 is 0 Å². The highest BCUT2D eigenvalue weighted by Crippen LogP contribution is 2.35. The van der Waals surface area contributed by atoms with Gasteiger partial charge in [0.05, 0.1) is 0 Å². The summed E-state index contributed by atoms with van der Waals surface area (Å²) in [7, 11) is 4.06. The maximum atomic E-state index is 15.0. The molecular formula is C63H91F3N8O4. The van der Waals surface area contributed by atoms with Crippen molar-refractivity contribution in [1.82, 2.24) is 30.3 Å². The van der Waals surface area contributed by atoms with Crippen LogP contribution < -0.4 is 21.3 Å². The number of piperidine rings is 3. The molecule has 12 nitrogen and oxygen atoms in total. The number of allylic oxidation sites excluding steroid dienone is 3. The van der Waals surface area contributed by atoms with Crippen molar-refractivity contribution in [2.45, 2.75) is 150 Å². The van der Waals surface area contributed by atoms with E-state index in [0.717, 1.165) is 118 Å². The molecule has 0 saturated carbocycles. The molecule has 3 fully saturated rings. The number of imide groups is 1. The molecule has 2 amide bonds. The molecule has 1 aromatic heterocycles. The van der Waals surface area contributed by atoms with E-state index in [-0.39, 0.29) is 46.4 Å². The second-order valence-electron chi connectivity index (χ2n) is 20.1.